The molecular weight excluding hydrogens is 368 g/mol. The molecule has 0 aliphatic heterocycles. The van der Waals surface area contributed by atoms with Crippen LogP contribution in [0.3, 0.4) is 0 Å². The molecule has 4 heteroatoms. The minimum Gasteiger partial charge on any atom is -0.307 e. The minimum absolute atomic E-state index is 1.08. The fourth-order valence-electron chi connectivity index (χ4n) is 4.78. The highest BCUT2D eigenvalue weighted by Gasteiger charge is 2.13. The third kappa shape index (κ3) is 1.95. The molecule has 0 bridgehead atoms. The largest absolute Gasteiger partial charge is 0.307 e. The number of hydrogen-bond acceptors (Lipinski definition) is 2. The van der Waals surface area contributed by atoms with Crippen molar-refractivity contribution in [3.63, 3.8) is 0 Å². The van der Waals surface area contributed by atoms with E-state index in [0.717, 1.165) is 21.8 Å². The summed E-state index contributed by atoms with van der Waals surface area (Å²) >= 11 is 0. The van der Waals surface area contributed by atoms with E-state index in [1.54, 1.807) is 0 Å². The SMILES string of the molecule is c1ccc2c(c1)cc1c3cc4ccccc4n3c3ccncc3c3cnccc3n21. The zero-order valence-corrected chi connectivity index (χ0v) is 16.0. The lowest BCUT2D eigenvalue weighted by Crippen LogP contribution is -1.93. The molecule has 0 amide bonds. The van der Waals surface area contributed by atoms with Crippen molar-refractivity contribution in [3.8, 4) is 0 Å². The van der Waals surface area contributed by atoms with Gasteiger partial charge in [0.15, 0.2) is 0 Å². The van der Waals surface area contributed by atoms with Gasteiger partial charge in [-0.1, -0.05) is 36.4 Å². The molecule has 0 spiro atoms. The van der Waals surface area contributed by atoms with Gasteiger partial charge in [-0.05, 0) is 36.4 Å². The van der Waals surface area contributed by atoms with E-state index in [4.69, 9.17) is 0 Å². The van der Waals surface area contributed by atoms with Gasteiger partial charge in [-0.2, -0.15) is 0 Å². The van der Waals surface area contributed by atoms with E-state index in [1.807, 2.05) is 24.8 Å². The Morgan fingerprint density at radius 1 is 0.467 bits per heavy atom. The highest BCUT2D eigenvalue weighted by atomic mass is 15.0. The van der Waals surface area contributed by atoms with Crippen LogP contribution >= 0.6 is 0 Å². The summed E-state index contributed by atoms with van der Waals surface area (Å²) in [5, 5.41) is 4.59. The smallest absolute Gasteiger partial charge is 0.0709 e. The summed E-state index contributed by atoms with van der Waals surface area (Å²) in [4.78, 5) is 8.92. The Labute approximate surface area is 171 Å². The molecule has 7 rings (SSSR count). The van der Waals surface area contributed by atoms with E-state index in [1.165, 1.54) is 32.8 Å². The first-order chi connectivity index (χ1) is 14.9. The van der Waals surface area contributed by atoms with E-state index in [-0.39, 0.29) is 0 Å². The normalized spacial score (nSPS) is 12.0. The Morgan fingerprint density at radius 2 is 0.933 bits per heavy atom. The van der Waals surface area contributed by atoms with E-state index < -0.39 is 0 Å². The van der Waals surface area contributed by atoms with Gasteiger partial charge in [0, 0.05) is 46.3 Å². The Bertz CT molecular complexity index is 1670. The number of pyridine rings is 2. The van der Waals surface area contributed by atoms with Gasteiger partial charge in [0.25, 0.3) is 0 Å². The maximum absolute atomic E-state index is 4.46. The molecule has 5 aromatic heterocycles. The molecule has 0 unspecified atom stereocenters. The molecule has 0 saturated carbocycles. The first kappa shape index (κ1) is 15.7. The second kappa shape index (κ2) is 5.67. The van der Waals surface area contributed by atoms with Crippen molar-refractivity contribution in [2.75, 3.05) is 0 Å². The highest BCUT2D eigenvalue weighted by molar-refractivity contribution is 6.09. The van der Waals surface area contributed by atoms with Crippen LogP contribution in [0.25, 0.3) is 54.6 Å². The lowest BCUT2D eigenvalue weighted by molar-refractivity contribution is 1.26. The predicted octanol–water partition coefficient (Wildman–Crippen LogP) is 6.16. The van der Waals surface area contributed by atoms with Crippen molar-refractivity contribution in [2.45, 2.75) is 0 Å². The van der Waals surface area contributed by atoms with Crippen LogP contribution in [-0.4, -0.2) is 18.8 Å². The molecule has 0 fully saturated rings. The highest BCUT2D eigenvalue weighted by Crippen LogP contribution is 2.33. The Morgan fingerprint density at radius 3 is 1.43 bits per heavy atom. The first-order valence-electron chi connectivity index (χ1n) is 10.0. The van der Waals surface area contributed by atoms with Crippen molar-refractivity contribution in [1.82, 2.24) is 18.8 Å². The predicted molar refractivity (Wildman–Crippen MR) is 123 cm³/mol. The van der Waals surface area contributed by atoms with Crippen LogP contribution in [0.4, 0.5) is 0 Å². The Kier molecular flexibility index (Phi) is 2.97. The fraction of sp³-hybridized carbons (Fsp3) is 0. The van der Waals surface area contributed by atoms with Crippen molar-refractivity contribution in [2.24, 2.45) is 0 Å². The van der Waals surface area contributed by atoms with Gasteiger partial charge in [-0.3, -0.25) is 9.97 Å². The molecule has 0 aliphatic carbocycles. The summed E-state index contributed by atoms with van der Waals surface area (Å²) in [6, 6.07) is 25.9. The van der Waals surface area contributed by atoms with E-state index >= 15 is 0 Å². The van der Waals surface area contributed by atoms with Crippen molar-refractivity contribution >= 4 is 54.6 Å². The number of hydrogen-bond donors (Lipinski definition) is 0. The standard InChI is InChI=1S/C26H16N4/c1-3-7-21-17(5-1)13-25-26-14-18-6-2-4-8-22(18)30(26)24-10-12-28-16-20(24)19-15-27-11-9-23(19)29(21)25/h1-16H. The molecule has 7 aromatic rings. The van der Waals surface area contributed by atoms with Crippen LogP contribution in [0, 0.1) is 0 Å². The van der Waals surface area contributed by atoms with Crippen LogP contribution in [-0.2, 0) is 0 Å². The number of nitrogens with zero attached hydrogens (tertiary/aromatic N) is 4. The molecule has 0 N–H and O–H groups in total. The Balaban J connectivity index is 1.99. The lowest BCUT2D eigenvalue weighted by Gasteiger charge is -2.09. The molecule has 4 nitrogen and oxygen atoms in total. The molecular formula is C26H16N4. The number of fused-ring (bicyclic) bond motifs is 12. The van der Waals surface area contributed by atoms with Crippen molar-refractivity contribution in [1.29, 1.82) is 0 Å². The first-order valence-corrected chi connectivity index (χ1v) is 10.0. The second-order valence-corrected chi connectivity index (χ2v) is 7.63. The quantitative estimate of drug-likeness (QED) is 0.314. The average Bonchev–Trinajstić information content (AvgIpc) is 3.36. The summed E-state index contributed by atoms with van der Waals surface area (Å²) in [6.45, 7) is 0. The number of rotatable bonds is 0. The molecule has 0 aliphatic rings. The van der Waals surface area contributed by atoms with Gasteiger partial charge in [0.05, 0.1) is 33.1 Å². The zero-order valence-electron chi connectivity index (χ0n) is 16.0. The van der Waals surface area contributed by atoms with Gasteiger partial charge < -0.3 is 8.80 Å². The molecule has 140 valence electrons. The summed E-state index contributed by atoms with van der Waals surface area (Å²) in [7, 11) is 0. The lowest BCUT2D eigenvalue weighted by atomic mass is 10.2. The van der Waals surface area contributed by atoms with Gasteiger partial charge in [-0.15, -0.1) is 0 Å². The monoisotopic (exact) mass is 384 g/mol. The molecule has 2 aromatic carbocycles. The van der Waals surface area contributed by atoms with Crippen LogP contribution in [0.2, 0.25) is 0 Å². The van der Waals surface area contributed by atoms with E-state index in [2.05, 4.69) is 91.6 Å². The van der Waals surface area contributed by atoms with Crippen LogP contribution < -0.4 is 0 Å². The molecule has 5 heterocycles. The number of benzene rings is 2. The summed E-state index contributed by atoms with van der Waals surface area (Å²) in [5.41, 5.74) is 6.94. The summed E-state index contributed by atoms with van der Waals surface area (Å²) in [5.74, 6) is 0. The van der Waals surface area contributed by atoms with Gasteiger partial charge in [0.2, 0.25) is 0 Å². The minimum atomic E-state index is 1.08. The summed E-state index contributed by atoms with van der Waals surface area (Å²) in [6.07, 6.45) is 7.63. The number of para-hydroxylation sites is 2. The molecule has 0 radical (unpaired) electrons. The van der Waals surface area contributed by atoms with Crippen LogP contribution in [0.15, 0.2) is 97.6 Å². The van der Waals surface area contributed by atoms with E-state index in [0.29, 0.717) is 0 Å². The third-order valence-electron chi connectivity index (χ3n) is 6.05. The van der Waals surface area contributed by atoms with Crippen LogP contribution in [0.5, 0.6) is 0 Å². The molecule has 0 atom stereocenters. The van der Waals surface area contributed by atoms with Crippen LogP contribution in [0.1, 0.15) is 0 Å². The number of aromatic nitrogens is 4. The molecule has 0 saturated heterocycles. The van der Waals surface area contributed by atoms with E-state index in [9.17, 15) is 0 Å². The topological polar surface area (TPSA) is 34.6 Å². The second-order valence-electron chi connectivity index (χ2n) is 7.63. The third-order valence-corrected chi connectivity index (χ3v) is 6.05. The van der Waals surface area contributed by atoms with Gasteiger partial charge in [-0.25, -0.2) is 0 Å². The maximum Gasteiger partial charge on any atom is 0.0709 e. The average molecular weight is 384 g/mol. The molecule has 30 heavy (non-hydrogen) atoms. The van der Waals surface area contributed by atoms with Crippen molar-refractivity contribution < 1.29 is 0 Å². The van der Waals surface area contributed by atoms with Crippen molar-refractivity contribution in [3.05, 3.63) is 97.6 Å². The van der Waals surface area contributed by atoms with Gasteiger partial charge in [0.1, 0.15) is 0 Å². The zero-order chi connectivity index (χ0) is 19.7. The fourth-order valence-corrected chi connectivity index (χ4v) is 4.78. The maximum atomic E-state index is 4.46. The Hall–Kier alpha value is -4.18. The summed E-state index contributed by atoms with van der Waals surface area (Å²) < 4.78 is 4.71. The van der Waals surface area contributed by atoms with Gasteiger partial charge >= 0.3 is 0 Å².